The van der Waals surface area contributed by atoms with E-state index in [0.29, 0.717) is 6.61 Å². The molecule has 0 atom stereocenters. The fourth-order valence-corrected chi connectivity index (χ4v) is 1.32. The van der Waals surface area contributed by atoms with Gasteiger partial charge in [-0.25, -0.2) is 0 Å². The van der Waals surface area contributed by atoms with Crippen molar-refractivity contribution in [2.24, 2.45) is 7.05 Å². The van der Waals surface area contributed by atoms with Crippen molar-refractivity contribution in [3.05, 3.63) is 47.8 Å². The van der Waals surface area contributed by atoms with Crippen LogP contribution in [0.1, 0.15) is 11.1 Å². The maximum absolute atomic E-state index is 5.57. The van der Waals surface area contributed by atoms with Gasteiger partial charge in [-0.3, -0.25) is 4.68 Å². The van der Waals surface area contributed by atoms with Gasteiger partial charge in [0, 0.05) is 7.05 Å². The largest absolute Gasteiger partial charge is 0.486 e. The van der Waals surface area contributed by atoms with Gasteiger partial charge >= 0.3 is 0 Å². The number of hydrogen-bond acceptors (Lipinski definition) is 2. The zero-order valence-electron chi connectivity index (χ0n) is 8.97. The summed E-state index contributed by atoms with van der Waals surface area (Å²) in [4.78, 5) is 0. The highest BCUT2D eigenvalue weighted by Gasteiger charge is 1.97. The molecule has 1 heterocycles. The van der Waals surface area contributed by atoms with Crippen LogP contribution in [-0.2, 0) is 13.7 Å². The SMILES string of the molecule is Cc1ccc(COc2cnn(C)c2)cc1. The molecular weight excluding hydrogens is 188 g/mol. The Hall–Kier alpha value is -1.77. The van der Waals surface area contributed by atoms with Gasteiger partial charge in [-0.2, -0.15) is 5.10 Å². The van der Waals surface area contributed by atoms with Crippen LogP contribution in [0.4, 0.5) is 0 Å². The Morgan fingerprint density at radius 3 is 2.60 bits per heavy atom. The summed E-state index contributed by atoms with van der Waals surface area (Å²) in [7, 11) is 1.87. The lowest BCUT2D eigenvalue weighted by atomic mass is 10.2. The van der Waals surface area contributed by atoms with E-state index in [1.165, 1.54) is 11.1 Å². The molecule has 0 bridgehead atoms. The first-order chi connectivity index (χ1) is 7.24. The number of aryl methyl sites for hydroxylation is 2. The minimum absolute atomic E-state index is 0.589. The number of nitrogens with zero attached hydrogens (tertiary/aromatic N) is 2. The molecule has 78 valence electrons. The van der Waals surface area contributed by atoms with E-state index in [0.717, 1.165) is 5.75 Å². The standard InChI is InChI=1S/C12H14N2O/c1-10-3-5-11(6-4-10)9-15-12-7-13-14(2)8-12/h3-8H,9H2,1-2H3. The molecule has 0 aliphatic heterocycles. The predicted octanol–water partition coefficient (Wildman–Crippen LogP) is 2.31. The van der Waals surface area contributed by atoms with Crippen molar-refractivity contribution in [3.63, 3.8) is 0 Å². The van der Waals surface area contributed by atoms with Crippen LogP contribution in [0, 0.1) is 6.92 Å². The molecule has 0 radical (unpaired) electrons. The van der Waals surface area contributed by atoms with Gasteiger partial charge in [0.25, 0.3) is 0 Å². The fraction of sp³-hybridized carbons (Fsp3) is 0.250. The zero-order valence-corrected chi connectivity index (χ0v) is 8.97. The van der Waals surface area contributed by atoms with Crippen molar-refractivity contribution in [2.45, 2.75) is 13.5 Å². The van der Waals surface area contributed by atoms with Gasteiger partial charge in [0.15, 0.2) is 5.75 Å². The summed E-state index contributed by atoms with van der Waals surface area (Å²) < 4.78 is 7.30. The highest BCUT2D eigenvalue weighted by atomic mass is 16.5. The number of hydrogen-bond donors (Lipinski definition) is 0. The van der Waals surface area contributed by atoms with E-state index in [1.54, 1.807) is 10.9 Å². The summed E-state index contributed by atoms with van der Waals surface area (Å²) in [5.41, 5.74) is 2.43. The Bertz CT molecular complexity index is 431. The Kier molecular flexibility index (Phi) is 2.72. The lowest BCUT2D eigenvalue weighted by Crippen LogP contribution is -1.94. The van der Waals surface area contributed by atoms with Gasteiger partial charge in [0.1, 0.15) is 6.61 Å². The molecule has 2 rings (SSSR count). The summed E-state index contributed by atoms with van der Waals surface area (Å²) in [6, 6.07) is 8.32. The second kappa shape index (κ2) is 4.17. The molecule has 15 heavy (non-hydrogen) atoms. The van der Waals surface area contributed by atoms with Crippen molar-refractivity contribution in [2.75, 3.05) is 0 Å². The first-order valence-corrected chi connectivity index (χ1v) is 4.91. The number of benzene rings is 1. The van der Waals surface area contributed by atoms with Crippen LogP contribution in [0.3, 0.4) is 0 Å². The Balaban J connectivity index is 1.96. The molecule has 0 N–H and O–H groups in total. The molecule has 3 nitrogen and oxygen atoms in total. The van der Waals surface area contributed by atoms with Gasteiger partial charge in [0.05, 0.1) is 12.4 Å². The van der Waals surface area contributed by atoms with E-state index >= 15 is 0 Å². The second-order valence-corrected chi connectivity index (χ2v) is 3.62. The van der Waals surface area contributed by atoms with Gasteiger partial charge < -0.3 is 4.74 Å². The third-order valence-corrected chi connectivity index (χ3v) is 2.21. The molecule has 1 aromatic carbocycles. The predicted molar refractivity (Wildman–Crippen MR) is 58.7 cm³/mol. The van der Waals surface area contributed by atoms with E-state index in [4.69, 9.17) is 4.74 Å². The van der Waals surface area contributed by atoms with Crippen LogP contribution in [0.5, 0.6) is 5.75 Å². The molecule has 0 saturated carbocycles. The van der Waals surface area contributed by atoms with Crippen molar-refractivity contribution in [3.8, 4) is 5.75 Å². The molecule has 0 unspecified atom stereocenters. The normalized spacial score (nSPS) is 10.3. The van der Waals surface area contributed by atoms with Crippen LogP contribution < -0.4 is 4.74 Å². The van der Waals surface area contributed by atoms with Gasteiger partial charge in [0.2, 0.25) is 0 Å². The Labute approximate surface area is 89.3 Å². The molecule has 0 spiro atoms. The highest BCUT2D eigenvalue weighted by molar-refractivity contribution is 5.21. The topological polar surface area (TPSA) is 27.1 Å². The average molecular weight is 202 g/mol. The molecule has 0 aliphatic rings. The molecule has 0 saturated heterocycles. The van der Waals surface area contributed by atoms with E-state index in [9.17, 15) is 0 Å². The van der Waals surface area contributed by atoms with E-state index < -0.39 is 0 Å². The average Bonchev–Trinajstić information content (AvgIpc) is 2.64. The van der Waals surface area contributed by atoms with Crippen LogP contribution >= 0.6 is 0 Å². The van der Waals surface area contributed by atoms with Gasteiger partial charge in [-0.1, -0.05) is 29.8 Å². The van der Waals surface area contributed by atoms with Crippen molar-refractivity contribution >= 4 is 0 Å². The lowest BCUT2D eigenvalue weighted by molar-refractivity contribution is 0.306. The first kappa shape index (κ1) is 9.77. The fourth-order valence-electron chi connectivity index (χ4n) is 1.32. The molecule has 2 aromatic rings. The minimum atomic E-state index is 0.589. The summed E-state index contributed by atoms with van der Waals surface area (Å²) in [6.45, 7) is 2.66. The summed E-state index contributed by atoms with van der Waals surface area (Å²) >= 11 is 0. The number of rotatable bonds is 3. The smallest absolute Gasteiger partial charge is 0.157 e. The third-order valence-electron chi connectivity index (χ3n) is 2.21. The highest BCUT2D eigenvalue weighted by Crippen LogP contribution is 2.11. The number of ether oxygens (including phenoxy) is 1. The van der Waals surface area contributed by atoms with Crippen molar-refractivity contribution < 1.29 is 4.74 Å². The number of aromatic nitrogens is 2. The van der Waals surface area contributed by atoms with E-state index in [1.807, 2.05) is 13.2 Å². The minimum Gasteiger partial charge on any atom is -0.486 e. The summed E-state index contributed by atoms with van der Waals surface area (Å²) in [5, 5.41) is 4.03. The van der Waals surface area contributed by atoms with Gasteiger partial charge in [-0.05, 0) is 12.5 Å². The Morgan fingerprint density at radius 2 is 2.00 bits per heavy atom. The maximum Gasteiger partial charge on any atom is 0.157 e. The maximum atomic E-state index is 5.57. The van der Waals surface area contributed by atoms with E-state index in [-0.39, 0.29) is 0 Å². The van der Waals surface area contributed by atoms with Crippen LogP contribution in [0.25, 0.3) is 0 Å². The molecule has 1 aromatic heterocycles. The molecule has 0 fully saturated rings. The van der Waals surface area contributed by atoms with Crippen molar-refractivity contribution in [1.29, 1.82) is 0 Å². The summed E-state index contributed by atoms with van der Waals surface area (Å²) in [6.07, 6.45) is 3.57. The third kappa shape index (κ3) is 2.59. The van der Waals surface area contributed by atoms with Crippen molar-refractivity contribution in [1.82, 2.24) is 9.78 Å². The Morgan fingerprint density at radius 1 is 1.27 bits per heavy atom. The molecule has 3 heteroatoms. The van der Waals surface area contributed by atoms with Crippen LogP contribution in [0.2, 0.25) is 0 Å². The van der Waals surface area contributed by atoms with Crippen LogP contribution in [-0.4, -0.2) is 9.78 Å². The second-order valence-electron chi connectivity index (χ2n) is 3.62. The molecular formula is C12H14N2O. The monoisotopic (exact) mass is 202 g/mol. The quantitative estimate of drug-likeness (QED) is 0.763. The summed E-state index contributed by atoms with van der Waals surface area (Å²) in [5.74, 6) is 0.804. The molecule has 0 amide bonds. The van der Waals surface area contributed by atoms with E-state index in [2.05, 4.69) is 36.3 Å². The first-order valence-electron chi connectivity index (χ1n) is 4.91. The van der Waals surface area contributed by atoms with Crippen LogP contribution in [0.15, 0.2) is 36.7 Å². The molecule has 0 aliphatic carbocycles. The lowest BCUT2D eigenvalue weighted by Gasteiger charge is -2.03. The zero-order chi connectivity index (χ0) is 10.7. The van der Waals surface area contributed by atoms with Gasteiger partial charge in [-0.15, -0.1) is 0 Å².